The van der Waals surface area contributed by atoms with Gasteiger partial charge in [-0.3, -0.25) is 0 Å². The molecule has 11 heavy (non-hydrogen) atoms. The maximum absolute atomic E-state index is 10.8. The lowest BCUT2D eigenvalue weighted by molar-refractivity contribution is -0.294. The van der Waals surface area contributed by atoms with Gasteiger partial charge in [0.15, 0.2) is 0 Å². The second-order valence-electron chi connectivity index (χ2n) is 2.72. The highest BCUT2D eigenvalue weighted by Crippen LogP contribution is 2.10. The predicted molar refractivity (Wildman–Crippen MR) is 44.7 cm³/mol. The monoisotopic (exact) mass is 147 g/mol. The van der Waals surface area contributed by atoms with Crippen molar-refractivity contribution in [2.75, 3.05) is 0 Å². The minimum atomic E-state index is 0.0532. The van der Waals surface area contributed by atoms with E-state index in [1.54, 1.807) is 18.2 Å². The number of hydrogen-bond donors (Lipinski definition) is 0. The van der Waals surface area contributed by atoms with Gasteiger partial charge in [-0.15, -0.1) is 5.76 Å². The third-order valence-corrected chi connectivity index (χ3v) is 1.54. The van der Waals surface area contributed by atoms with Crippen LogP contribution in [0.25, 0.3) is 0 Å². The molecule has 0 aromatic carbocycles. The summed E-state index contributed by atoms with van der Waals surface area (Å²) in [6.07, 6.45) is 8.72. The fourth-order valence-electron chi connectivity index (χ4n) is 0.863. The lowest BCUT2D eigenvalue weighted by atomic mass is 10.1. The Morgan fingerprint density at radius 3 is 2.55 bits per heavy atom. The van der Waals surface area contributed by atoms with Crippen LogP contribution in [-0.2, 0) is 0 Å². The Hall–Kier alpha value is -1.24. The van der Waals surface area contributed by atoms with Crippen molar-refractivity contribution >= 4 is 0 Å². The predicted octanol–water partition coefficient (Wildman–Crippen LogP) is 1.69. The molecule has 0 saturated heterocycles. The van der Waals surface area contributed by atoms with Crippen LogP contribution in [0.15, 0.2) is 47.3 Å². The quantitative estimate of drug-likeness (QED) is 0.511. The summed E-state index contributed by atoms with van der Waals surface area (Å²) in [7, 11) is 0. The molecule has 1 heteroatoms. The summed E-state index contributed by atoms with van der Waals surface area (Å²) in [4.78, 5) is 0. The molecule has 1 nitrogen and oxygen atoms in total. The normalized spacial score (nSPS) is 16.2. The van der Waals surface area contributed by atoms with Crippen molar-refractivity contribution in [3.8, 4) is 0 Å². The van der Waals surface area contributed by atoms with Crippen molar-refractivity contribution in [3.63, 3.8) is 0 Å². The van der Waals surface area contributed by atoms with Crippen LogP contribution in [0.4, 0.5) is 0 Å². The maximum Gasteiger partial charge on any atom is -0.0270 e. The van der Waals surface area contributed by atoms with Gasteiger partial charge in [0, 0.05) is 0 Å². The molecule has 0 heterocycles. The number of rotatable bonds is 0. The smallest absolute Gasteiger partial charge is 0.0270 e. The third kappa shape index (κ3) is 2.11. The van der Waals surface area contributed by atoms with E-state index < -0.39 is 0 Å². The molecule has 0 bridgehead atoms. The molecule has 0 aromatic rings. The van der Waals surface area contributed by atoms with Crippen molar-refractivity contribution in [1.29, 1.82) is 0 Å². The summed E-state index contributed by atoms with van der Waals surface area (Å²) < 4.78 is 0. The van der Waals surface area contributed by atoms with Crippen LogP contribution in [0.2, 0.25) is 0 Å². The fraction of sp³-hybridized carbons (Fsp3) is 0.200. The average Bonchev–Trinajstić information content (AvgIpc) is 2.13. The van der Waals surface area contributed by atoms with E-state index in [1.807, 2.05) is 26.0 Å². The van der Waals surface area contributed by atoms with Gasteiger partial charge in [0.2, 0.25) is 0 Å². The summed E-state index contributed by atoms with van der Waals surface area (Å²) in [5.41, 5.74) is 2.34. The van der Waals surface area contributed by atoms with Crippen LogP contribution >= 0.6 is 0 Å². The first-order valence-corrected chi connectivity index (χ1v) is 3.61. The SMILES string of the molecule is CC(C)=C1C=CC=C([O-])C=C1. The summed E-state index contributed by atoms with van der Waals surface area (Å²) in [6.45, 7) is 4.06. The van der Waals surface area contributed by atoms with Crippen LogP contribution in [0.5, 0.6) is 0 Å². The fourth-order valence-corrected chi connectivity index (χ4v) is 0.863. The second kappa shape index (κ2) is 3.24. The van der Waals surface area contributed by atoms with Gasteiger partial charge in [0.05, 0.1) is 0 Å². The average molecular weight is 147 g/mol. The van der Waals surface area contributed by atoms with Crippen molar-refractivity contribution in [3.05, 3.63) is 47.3 Å². The Bertz CT molecular complexity index is 261. The minimum absolute atomic E-state index is 0.0532. The summed E-state index contributed by atoms with van der Waals surface area (Å²) in [5.74, 6) is 0.0532. The maximum atomic E-state index is 10.8. The largest absolute Gasteiger partial charge is 0.872 e. The molecule has 0 N–H and O–H groups in total. The topological polar surface area (TPSA) is 23.1 Å². The van der Waals surface area contributed by atoms with Crippen LogP contribution < -0.4 is 5.11 Å². The molecular formula is C10H11O-. The lowest BCUT2D eigenvalue weighted by Crippen LogP contribution is -1.97. The van der Waals surface area contributed by atoms with E-state index >= 15 is 0 Å². The molecule has 0 saturated carbocycles. The molecular weight excluding hydrogens is 136 g/mol. The van der Waals surface area contributed by atoms with Gasteiger partial charge < -0.3 is 5.11 Å². The third-order valence-electron chi connectivity index (χ3n) is 1.54. The first-order valence-electron chi connectivity index (χ1n) is 3.61. The van der Waals surface area contributed by atoms with Crippen molar-refractivity contribution in [2.24, 2.45) is 0 Å². The van der Waals surface area contributed by atoms with Crippen molar-refractivity contribution < 1.29 is 5.11 Å². The highest BCUT2D eigenvalue weighted by Gasteiger charge is 1.89. The van der Waals surface area contributed by atoms with E-state index in [-0.39, 0.29) is 5.76 Å². The van der Waals surface area contributed by atoms with E-state index in [0.29, 0.717) is 0 Å². The Kier molecular flexibility index (Phi) is 2.32. The Labute approximate surface area is 67.1 Å². The van der Waals surface area contributed by atoms with E-state index in [9.17, 15) is 5.11 Å². The molecule has 0 amide bonds. The molecule has 0 aromatic heterocycles. The van der Waals surface area contributed by atoms with Crippen molar-refractivity contribution in [2.45, 2.75) is 13.8 Å². The van der Waals surface area contributed by atoms with Gasteiger partial charge in [-0.05, 0) is 19.4 Å². The highest BCUT2D eigenvalue weighted by atomic mass is 16.3. The molecule has 0 unspecified atom stereocenters. The zero-order valence-corrected chi connectivity index (χ0v) is 6.79. The van der Waals surface area contributed by atoms with Crippen LogP contribution in [0.1, 0.15) is 13.8 Å². The molecule has 0 radical (unpaired) electrons. The van der Waals surface area contributed by atoms with Gasteiger partial charge >= 0.3 is 0 Å². The van der Waals surface area contributed by atoms with Gasteiger partial charge in [-0.1, -0.05) is 36.0 Å². The Balaban J connectivity index is 2.97. The summed E-state index contributed by atoms with van der Waals surface area (Å²) >= 11 is 0. The minimum Gasteiger partial charge on any atom is -0.872 e. The van der Waals surface area contributed by atoms with Gasteiger partial charge in [0.25, 0.3) is 0 Å². The summed E-state index contributed by atoms with van der Waals surface area (Å²) in [6, 6.07) is 0. The lowest BCUT2D eigenvalue weighted by Gasteiger charge is -2.01. The molecule has 0 atom stereocenters. The van der Waals surface area contributed by atoms with Gasteiger partial charge in [0.1, 0.15) is 0 Å². The zero-order chi connectivity index (χ0) is 8.27. The van der Waals surface area contributed by atoms with Crippen molar-refractivity contribution in [1.82, 2.24) is 0 Å². The molecule has 58 valence electrons. The Morgan fingerprint density at radius 1 is 1.18 bits per heavy atom. The van der Waals surface area contributed by atoms with Crippen LogP contribution in [0.3, 0.4) is 0 Å². The molecule has 0 aliphatic heterocycles. The molecule has 0 fully saturated rings. The van der Waals surface area contributed by atoms with E-state index in [2.05, 4.69) is 0 Å². The van der Waals surface area contributed by atoms with E-state index in [4.69, 9.17) is 0 Å². The molecule has 1 aliphatic rings. The highest BCUT2D eigenvalue weighted by molar-refractivity contribution is 5.40. The van der Waals surface area contributed by atoms with Crippen LogP contribution in [0, 0.1) is 0 Å². The standard InChI is InChI=1S/C10H12O/c1-8(2)9-4-3-5-10(11)7-6-9/h3-7,11H,1-2H3/p-1. The van der Waals surface area contributed by atoms with E-state index in [0.717, 1.165) is 5.57 Å². The Morgan fingerprint density at radius 2 is 1.91 bits per heavy atom. The molecule has 1 rings (SSSR count). The first-order chi connectivity index (χ1) is 5.20. The second-order valence-corrected chi connectivity index (χ2v) is 2.72. The van der Waals surface area contributed by atoms with E-state index in [1.165, 1.54) is 5.57 Å². The zero-order valence-electron chi connectivity index (χ0n) is 6.79. The van der Waals surface area contributed by atoms with Gasteiger partial charge in [-0.2, -0.15) is 0 Å². The molecule has 1 aliphatic carbocycles. The summed E-state index contributed by atoms with van der Waals surface area (Å²) in [5, 5.41) is 10.8. The number of allylic oxidation sites excluding steroid dienone is 7. The first kappa shape index (κ1) is 7.86. The van der Waals surface area contributed by atoms with Crippen LogP contribution in [-0.4, -0.2) is 0 Å². The number of hydrogen-bond acceptors (Lipinski definition) is 1. The van der Waals surface area contributed by atoms with Gasteiger partial charge in [-0.25, -0.2) is 0 Å². The molecule has 0 spiro atoms.